The zero-order chi connectivity index (χ0) is 16.4. The summed E-state index contributed by atoms with van der Waals surface area (Å²) in [7, 11) is 0. The number of rotatable bonds is 4. The van der Waals surface area contributed by atoms with Crippen molar-refractivity contribution in [3.05, 3.63) is 77.5 Å². The number of aryl methyl sites for hydroxylation is 1. The fraction of sp³-hybridized carbons (Fsp3) is 0.273. The predicted molar refractivity (Wildman–Crippen MR) is 102 cm³/mol. The monoisotopic (exact) mass is 316 g/mol. The molecule has 0 fully saturated rings. The SMILES string of the molecule is Cc1cccc(C2=CCN(CCc3cccc4[nH]ccc34)CC2)c1. The summed E-state index contributed by atoms with van der Waals surface area (Å²) in [6, 6.07) is 17.6. The van der Waals surface area contributed by atoms with Crippen molar-refractivity contribution >= 4 is 16.5 Å². The van der Waals surface area contributed by atoms with Crippen molar-refractivity contribution in [3.8, 4) is 0 Å². The third-order valence-electron chi connectivity index (χ3n) is 5.06. The molecule has 0 radical (unpaired) electrons. The van der Waals surface area contributed by atoms with Crippen molar-refractivity contribution in [3.63, 3.8) is 0 Å². The highest BCUT2D eigenvalue weighted by molar-refractivity contribution is 5.82. The van der Waals surface area contributed by atoms with Crippen molar-refractivity contribution in [2.24, 2.45) is 0 Å². The minimum absolute atomic E-state index is 1.06. The molecule has 4 rings (SSSR count). The lowest BCUT2D eigenvalue weighted by Gasteiger charge is -2.26. The molecular formula is C22H24N2. The molecule has 2 nitrogen and oxygen atoms in total. The highest BCUT2D eigenvalue weighted by Crippen LogP contribution is 2.24. The fourth-order valence-electron chi connectivity index (χ4n) is 3.67. The second kappa shape index (κ2) is 6.66. The molecule has 0 bridgehead atoms. The quantitative estimate of drug-likeness (QED) is 0.732. The van der Waals surface area contributed by atoms with Crippen LogP contribution in [0.2, 0.25) is 0 Å². The van der Waals surface area contributed by atoms with Gasteiger partial charge in [-0.2, -0.15) is 0 Å². The van der Waals surface area contributed by atoms with E-state index in [1.165, 1.54) is 33.2 Å². The van der Waals surface area contributed by atoms with Gasteiger partial charge in [0, 0.05) is 36.7 Å². The minimum atomic E-state index is 1.06. The molecule has 3 aromatic rings. The normalized spacial score (nSPS) is 15.6. The zero-order valence-corrected chi connectivity index (χ0v) is 14.3. The van der Waals surface area contributed by atoms with Crippen LogP contribution in [0, 0.1) is 6.92 Å². The Morgan fingerprint density at radius 2 is 2.00 bits per heavy atom. The van der Waals surface area contributed by atoms with E-state index < -0.39 is 0 Å². The van der Waals surface area contributed by atoms with E-state index >= 15 is 0 Å². The summed E-state index contributed by atoms with van der Waals surface area (Å²) in [4.78, 5) is 5.86. The first-order chi connectivity index (χ1) is 11.8. The van der Waals surface area contributed by atoms with Gasteiger partial charge in [0.2, 0.25) is 0 Å². The third-order valence-corrected chi connectivity index (χ3v) is 5.06. The van der Waals surface area contributed by atoms with E-state index in [1.54, 1.807) is 0 Å². The van der Waals surface area contributed by atoms with E-state index in [4.69, 9.17) is 0 Å². The Balaban J connectivity index is 1.40. The van der Waals surface area contributed by atoms with Gasteiger partial charge in [-0.1, -0.05) is 48.0 Å². The van der Waals surface area contributed by atoms with Crippen LogP contribution in [0.25, 0.3) is 16.5 Å². The molecule has 2 heteroatoms. The van der Waals surface area contributed by atoms with Gasteiger partial charge in [0.15, 0.2) is 0 Å². The van der Waals surface area contributed by atoms with Crippen LogP contribution in [0.3, 0.4) is 0 Å². The van der Waals surface area contributed by atoms with Crippen LogP contribution in [0.1, 0.15) is 23.1 Å². The van der Waals surface area contributed by atoms with E-state index in [2.05, 4.69) is 71.4 Å². The first-order valence-electron chi connectivity index (χ1n) is 8.83. The zero-order valence-electron chi connectivity index (χ0n) is 14.3. The van der Waals surface area contributed by atoms with Crippen molar-refractivity contribution in [2.75, 3.05) is 19.6 Å². The molecule has 2 heterocycles. The topological polar surface area (TPSA) is 19.0 Å². The molecule has 0 amide bonds. The van der Waals surface area contributed by atoms with Gasteiger partial charge in [-0.3, -0.25) is 4.90 Å². The standard InChI is InChI=1S/C22H24N2/c1-17-4-2-6-20(16-17)18-9-13-24(14-10-18)15-11-19-5-3-7-22-21(19)8-12-23-22/h2-9,12,16,23H,10-11,13-15H2,1H3. The lowest BCUT2D eigenvalue weighted by atomic mass is 9.98. The van der Waals surface area contributed by atoms with E-state index in [-0.39, 0.29) is 0 Å². The van der Waals surface area contributed by atoms with Crippen molar-refractivity contribution in [1.82, 2.24) is 9.88 Å². The number of nitrogens with zero attached hydrogens (tertiary/aromatic N) is 1. The third kappa shape index (κ3) is 3.15. The molecule has 122 valence electrons. The van der Waals surface area contributed by atoms with Gasteiger partial charge in [0.1, 0.15) is 0 Å². The Morgan fingerprint density at radius 1 is 1.08 bits per heavy atom. The van der Waals surface area contributed by atoms with E-state index in [0.717, 1.165) is 32.5 Å². The Morgan fingerprint density at radius 3 is 2.83 bits per heavy atom. The molecule has 0 atom stereocenters. The number of hydrogen-bond acceptors (Lipinski definition) is 1. The average Bonchev–Trinajstić information content (AvgIpc) is 3.10. The second-order valence-corrected chi connectivity index (χ2v) is 6.76. The summed E-state index contributed by atoms with van der Waals surface area (Å²) in [6.07, 6.45) is 6.71. The highest BCUT2D eigenvalue weighted by Gasteiger charge is 2.13. The molecule has 1 N–H and O–H groups in total. The van der Waals surface area contributed by atoms with Crippen molar-refractivity contribution < 1.29 is 0 Å². The van der Waals surface area contributed by atoms with Crippen LogP contribution in [0.15, 0.2) is 60.8 Å². The van der Waals surface area contributed by atoms with Gasteiger partial charge < -0.3 is 4.98 Å². The van der Waals surface area contributed by atoms with Gasteiger partial charge in [0.05, 0.1) is 0 Å². The maximum Gasteiger partial charge on any atom is 0.0456 e. The van der Waals surface area contributed by atoms with Crippen molar-refractivity contribution in [1.29, 1.82) is 0 Å². The number of benzene rings is 2. The Bertz CT molecular complexity index is 872. The lowest BCUT2D eigenvalue weighted by Crippen LogP contribution is -2.30. The van der Waals surface area contributed by atoms with Gasteiger partial charge in [-0.15, -0.1) is 0 Å². The van der Waals surface area contributed by atoms with E-state index in [1.807, 2.05) is 6.20 Å². The number of nitrogens with one attached hydrogen (secondary N) is 1. The molecule has 1 aliphatic heterocycles. The molecule has 24 heavy (non-hydrogen) atoms. The van der Waals surface area contributed by atoms with Crippen LogP contribution in [-0.2, 0) is 6.42 Å². The molecule has 1 aliphatic rings. The van der Waals surface area contributed by atoms with Gasteiger partial charge in [0.25, 0.3) is 0 Å². The summed E-state index contributed by atoms with van der Waals surface area (Å²) < 4.78 is 0. The number of fused-ring (bicyclic) bond motifs is 1. The Hall–Kier alpha value is -2.32. The molecule has 0 aliphatic carbocycles. The second-order valence-electron chi connectivity index (χ2n) is 6.76. The van der Waals surface area contributed by atoms with Crippen LogP contribution in [0.4, 0.5) is 0 Å². The minimum Gasteiger partial charge on any atom is -0.361 e. The van der Waals surface area contributed by atoms with Gasteiger partial charge in [-0.05, 0) is 48.6 Å². The van der Waals surface area contributed by atoms with Crippen LogP contribution < -0.4 is 0 Å². The first-order valence-corrected chi connectivity index (χ1v) is 8.83. The molecule has 2 aromatic carbocycles. The van der Waals surface area contributed by atoms with Crippen molar-refractivity contribution in [2.45, 2.75) is 19.8 Å². The summed E-state index contributed by atoms with van der Waals surface area (Å²) in [5.41, 5.74) is 6.93. The first kappa shape index (κ1) is 15.2. The number of hydrogen-bond donors (Lipinski definition) is 1. The summed E-state index contributed by atoms with van der Waals surface area (Å²) in [5, 5.41) is 1.37. The lowest BCUT2D eigenvalue weighted by molar-refractivity contribution is 0.306. The summed E-state index contributed by atoms with van der Waals surface area (Å²) in [6.45, 7) is 5.51. The maximum atomic E-state index is 3.30. The van der Waals surface area contributed by atoms with E-state index in [9.17, 15) is 0 Å². The number of aromatic nitrogens is 1. The molecule has 1 aromatic heterocycles. The van der Waals surface area contributed by atoms with E-state index in [0.29, 0.717) is 0 Å². The highest BCUT2D eigenvalue weighted by atomic mass is 15.1. The fourth-order valence-corrected chi connectivity index (χ4v) is 3.67. The number of H-pyrrole nitrogens is 1. The summed E-state index contributed by atoms with van der Waals surface area (Å²) >= 11 is 0. The maximum absolute atomic E-state index is 3.30. The van der Waals surface area contributed by atoms with Crippen LogP contribution in [0.5, 0.6) is 0 Å². The summed E-state index contributed by atoms with van der Waals surface area (Å²) in [5.74, 6) is 0. The number of aromatic amines is 1. The van der Waals surface area contributed by atoms with Crippen LogP contribution >= 0.6 is 0 Å². The molecule has 0 unspecified atom stereocenters. The molecular weight excluding hydrogens is 292 g/mol. The Labute approximate surface area is 143 Å². The predicted octanol–water partition coefficient (Wildman–Crippen LogP) is 4.81. The Kier molecular flexibility index (Phi) is 4.22. The largest absolute Gasteiger partial charge is 0.361 e. The average molecular weight is 316 g/mol. The van der Waals surface area contributed by atoms with Gasteiger partial charge in [-0.25, -0.2) is 0 Å². The molecule has 0 saturated carbocycles. The van der Waals surface area contributed by atoms with Gasteiger partial charge >= 0.3 is 0 Å². The van der Waals surface area contributed by atoms with Crippen LogP contribution in [-0.4, -0.2) is 29.5 Å². The smallest absolute Gasteiger partial charge is 0.0456 e. The molecule has 0 spiro atoms. The molecule has 0 saturated heterocycles.